The highest BCUT2D eigenvalue weighted by Crippen LogP contribution is 2.43. The number of amides is 4. The summed E-state index contributed by atoms with van der Waals surface area (Å²) in [6.07, 6.45) is 7.59. The number of rotatable bonds is 12. The first kappa shape index (κ1) is 44.5. The summed E-state index contributed by atoms with van der Waals surface area (Å²) < 4.78 is 30.1. The molecule has 65 heavy (non-hydrogen) atoms. The van der Waals surface area contributed by atoms with Crippen LogP contribution in [0, 0.1) is 5.82 Å². The van der Waals surface area contributed by atoms with Crippen LogP contribution in [0.1, 0.15) is 112 Å². The number of nitrogens with one attached hydrogen (secondary N) is 3. The monoisotopic (exact) mass is 911 g/mol. The molecule has 2 aromatic heterocycles. The van der Waals surface area contributed by atoms with Crippen LogP contribution in [0.3, 0.4) is 0 Å². The Balaban J connectivity index is 0.752. The number of benzene rings is 2. The first-order valence-electron chi connectivity index (χ1n) is 22.7. The lowest BCUT2D eigenvalue weighted by atomic mass is 9.82. The molecule has 16 nitrogen and oxygen atoms in total. The summed E-state index contributed by atoms with van der Waals surface area (Å²) >= 11 is 6.60. The zero-order valence-electron chi connectivity index (χ0n) is 37.1. The van der Waals surface area contributed by atoms with Crippen molar-refractivity contribution in [1.29, 1.82) is 0 Å². The van der Waals surface area contributed by atoms with E-state index in [9.17, 15) is 24.0 Å². The third-order valence-corrected chi connectivity index (χ3v) is 14.1. The highest BCUT2D eigenvalue weighted by atomic mass is 35.5. The molecule has 0 unspecified atom stereocenters. The van der Waals surface area contributed by atoms with Gasteiger partial charge >= 0.3 is 0 Å². The van der Waals surface area contributed by atoms with Crippen molar-refractivity contribution in [1.82, 2.24) is 35.0 Å². The molecule has 9 rings (SSSR count). The number of hydrogen-bond donors (Lipinski definition) is 3. The Kier molecular flexibility index (Phi) is 12.6. The average Bonchev–Trinajstić information content (AvgIpc) is 3.53. The predicted molar refractivity (Wildman–Crippen MR) is 242 cm³/mol. The summed E-state index contributed by atoms with van der Waals surface area (Å²) in [5.41, 5.74) is 2.41. The number of carbonyl (C=O) groups excluding carboxylic acids is 4. The standard InChI is InChI=1S/C47H55ClFN9O7/c1-25(2)57-36-8-5-29(19-28(36)20-38(46(57)63)64-24-40(60)50-4)52-43-35(48)23-51-47(54-43)56-17-13-31(14-18-56)65-32-21-30(22-32)55-15-11-27(12-16-55)33-6-7-34-41(42(33)49)26(3)58(45(34)62)37-9-10-39(59)53-44(37)61/h5-8,19-20,23,25-27,30-32,37H,9-18,21-22,24H2,1-4H3,(H,50,60)(H,51,52,54)(H,53,59,61)/t26-,30?,32?,37+/m1/s1. The molecule has 1 saturated carbocycles. The van der Waals surface area contributed by atoms with Crippen molar-refractivity contribution in [3.8, 4) is 5.75 Å². The van der Waals surface area contributed by atoms with E-state index >= 15 is 4.39 Å². The number of piperidine rings is 3. The fraction of sp³-hybridized carbons (Fsp3) is 0.511. The van der Waals surface area contributed by atoms with Crippen molar-refractivity contribution in [2.75, 3.05) is 50.1 Å². The molecule has 1 aliphatic carbocycles. The van der Waals surface area contributed by atoms with Crippen LogP contribution in [0.5, 0.6) is 5.75 Å². The van der Waals surface area contributed by atoms with Crippen molar-refractivity contribution in [2.24, 2.45) is 0 Å². The van der Waals surface area contributed by atoms with Gasteiger partial charge < -0.3 is 39.4 Å². The van der Waals surface area contributed by atoms with Gasteiger partial charge in [0.15, 0.2) is 18.2 Å². The molecule has 0 bridgehead atoms. The number of nitrogens with zero attached hydrogens (tertiary/aromatic N) is 6. The number of anilines is 3. The second-order valence-corrected chi connectivity index (χ2v) is 18.6. The maximum atomic E-state index is 16.3. The quantitative estimate of drug-likeness (QED) is 0.147. The van der Waals surface area contributed by atoms with Gasteiger partial charge in [0.1, 0.15) is 16.9 Å². The number of imide groups is 1. The van der Waals surface area contributed by atoms with Crippen LogP contribution < -0.4 is 31.1 Å². The lowest BCUT2D eigenvalue weighted by molar-refractivity contribution is -0.137. The number of aromatic nitrogens is 3. The summed E-state index contributed by atoms with van der Waals surface area (Å²) in [7, 11) is 1.51. The molecule has 0 spiro atoms. The number of hydrogen-bond acceptors (Lipinski definition) is 12. The van der Waals surface area contributed by atoms with Crippen molar-refractivity contribution in [3.63, 3.8) is 0 Å². The van der Waals surface area contributed by atoms with E-state index in [1.54, 1.807) is 35.9 Å². The number of halogens is 2. The fourth-order valence-electron chi connectivity index (χ4n) is 10.3. The van der Waals surface area contributed by atoms with Gasteiger partial charge in [0, 0.05) is 60.8 Å². The SMILES string of the molecule is CNC(=O)COc1cc2cc(Nc3nc(N4CCC(OC5CC(N6CCC(c7ccc8c(c7F)[C@@H](C)N([C@H]7CCC(=O)NC7=O)C8=O)CC6)C5)CC4)ncc3Cl)ccc2n(C(C)C)c1=O. The molecule has 6 heterocycles. The Labute approximate surface area is 381 Å². The van der Waals surface area contributed by atoms with E-state index in [1.807, 2.05) is 32.0 Å². The van der Waals surface area contributed by atoms with Crippen molar-refractivity contribution in [3.05, 3.63) is 80.5 Å². The molecule has 3 saturated heterocycles. The van der Waals surface area contributed by atoms with E-state index < -0.39 is 18.0 Å². The first-order chi connectivity index (χ1) is 31.3. The van der Waals surface area contributed by atoms with Gasteiger partial charge in [-0.25, -0.2) is 9.37 Å². The third kappa shape index (κ3) is 8.77. The first-order valence-corrected chi connectivity index (χ1v) is 23.1. The second-order valence-electron chi connectivity index (χ2n) is 18.2. The Hall–Kier alpha value is -5.65. The molecular formula is C47H55ClFN9O7. The van der Waals surface area contributed by atoms with Gasteiger partial charge in [-0.1, -0.05) is 17.7 Å². The number of likely N-dealkylation sites (tertiary alicyclic amines) is 1. The molecule has 2 aromatic carbocycles. The maximum Gasteiger partial charge on any atom is 0.293 e. The van der Waals surface area contributed by atoms with E-state index in [4.69, 9.17) is 26.1 Å². The van der Waals surface area contributed by atoms with Crippen LogP contribution >= 0.6 is 11.6 Å². The zero-order valence-corrected chi connectivity index (χ0v) is 37.8. The summed E-state index contributed by atoms with van der Waals surface area (Å²) in [6.45, 7) is 8.52. The molecule has 4 aromatic rings. The molecule has 18 heteroatoms. The van der Waals surface area contributed by atoms with Crippen molar-refractivity contribution in [2.45, 2.75) is 114 Å². The van der Waals surface area contributed by atoms with Crippen LogP contribution in [0.2, 0.25) is 5.02 Å². The van der Waals surface area contributed by atoms with E-state index in [-0.39, 0.29) is 78.5 Å². The summed E-state index contributed by atoms with van der Waals surface area (Å²) in [5, 5.41) is 9.25. The van der Waals surface area contributed by atoms with Crippen molar-refractivity contribution >= 4 is 63.6 Å². The Bertz CT molecular complexity index is 2590. The third-order valence-electron chi connectivity index (χ3n) is 13.9. The topological polar surface area (TPSA) is 180 Å². The smallest absolute Gasteiger partial charge is 0.293 e. The molecule has 4 fully saturated rings. The maximum absolute atomic E-state index is 16.3. The van der Waals surface area contributed by atoms with Gasteiger partial charge in [0.05, 0.1) is 30.0 Å². The van der Waals surface area contributed by atoms with E-state index in [0.717, 1.165) is 75.6 Å². The van der Waals surface area contributed by atoms with Gasteiger partial charge in [-0.05, 0) is 121 Å². The van der Waals surface area contributed by atoms with Crippen LogP contribution in [-0.2, 0) is 19.1 Å². The highest BCUT2D eigenvalue weighted by molar-refractivity contribution is 6.33. The predicted octanol–water partition coefficient (Wildman–Crippen LogP) is 5.75. The number of pyridine rings is 1. The number of fused-ring (bicyclic) bond motifs is 2. The Morgan fingerprint density at radius 2 is 1.74 bits per heavy atom. The number of ether oxygens (including phenoxy) is 2. The minimum atomic E-state index is -0.792. The van der Waals surface area contributed by atoms with Crippen LogP contribution in [0.15, 0.2) is 47.4 Å². The Morgan fingerprint density at radius 3 is 2.45 bits per heavy atom. The van der Waals surface area contributed by atoms with E-state index in [2.05, 4.69) is 30.7 Å². The lowest BCUT2D eigenvalue weighted by Crippen LogP contribution is -2.53. The minimum absolute atomic E-state index is 0.0413. The molecule has 0 radical (unpaired) electrons. The normalized spacial score (nSPS) is 23.2. The molecule has 5 aliphatic rings. The van der Waals surface area contributed by atoms with E-state index in [0.29, 0.717) is 45.2 Å². The number of carbonyl (C=O) groups is 4. The summed E-state index contributed by atoms with van der Waals surface area (Å²) in [5.74, 6) is -0.755. The molecule has 3 N–H and O–H groups in total. The Morgan fingerprint density at radius 1 is 0.985 bits per heavy atom. The lowest BCUT2D eigenvalue weighted by Gasteiger charge is -2.47. The minimum Gasteiger partial charge on any atom is -0.478 e. The molecular weight excluding hydrogens is 857 g/mol. The van der Waals surface area contributed by atoms with E-state index in [1.165, 1.54) is 11.9 Å². The van der Waals surface area contributed by atoms with Gasteiger partial charge in [-0.15, -0.1) is 0 Å². The summed E-state index contributed by atoms with van der Waals surface area (Å²) in [6, 6.07) is 9.63. The molecule has 344 valence electrons. The zero-order chi connectivity index (χ0) is 45.7. The highest BCUT2D eigenvalue weighted by Gasteiger charge is 2.45. The van der Waals surface area contributed by atoms with Gasteiger partial charge in [-0.3, -0.25) is 29.3 Å². The van der Waals surface area contributed by atoms with Crippen LogP contribution in [0.25, 0.3) is 10.9 Å². The molecule has 4 aliphatic heterocycles. The van der Waals surface area contributed by atoms with Gasteiger partial charge in [0.25, 0.3) is 17.4 Å². The summed E-state index contributed by atoms with van der Waals surface area (Å²) in [4.78, 5) is 78.2. The largest absolute Gasteiger partial charge is 0.478 e. The number of likely N-dealkylation sites (N-methyl/N-ethyl adjacent to an activating group) is 1. The van der Waals surface area contributed by atoms with Crippen LogP contribution in [-0.4, -0.2) is 112 Å². The fourth-order valence-corrected chi connectivity index (χ4v) is 10.4. The average molecular weight is 912 g/mol. The molecule has 4 amide bonds. The van der Waals surface area contributed by atoms with Gasteiger partial charge in [0.2, 0.25) is 17.8 Å². The van der Waals surface area contributed by atoms with Crippen molar-refractivity contribution < 1.29 is 33.0 Å². The second kappa shape index (κ2) is 18.3. The van der Waals surface area contributed by atoms with Gasteiger partial charge in [-0.2, -0.15) is 4.98 Å². The molecule has 2 atom stereocenters. The van der Waals surface area contributed by atoms with Crippen LogP contribution in [0.4, 0.5) is 21.8 Å².